The Labute approximate surface area is 106 Å². The van der Waals surface area contributed by atoms with Gasteiger partial charge in [0.1, 0.15) is 11.3 Å². The second-order valence-electron chi connectivity index (χ2n) is 3.94. The lowest BCUT2D eigenvalue weighted by Crippen LogP contribution is -2.00. The van der Waals surface area contributed by atoms with Crippen LogP contribution in [0.3, 0.4) is 0 Å². The molecule has 90 valence electrons. The summed E-state index contributed by atoms with van der Waals surface area (Å²) in [5, 5.41) is 0.607. The number of rotatable bonds is 3. The van der Waals surface area contributed by atoms with E-state index in [0.717, 1.165) is 5.57 Å². The number of hydrogen-bond acceptors (Lipinski definition) is 2. The minimum atomic E-state index is -0.0210. The average molecular weight is 238 g/mol. The summed E-state index contributed by atoms with van der Waals surface area (Å²) in [5.41, 5.74) is 1.49. The first kappa shape index (κ1) is 12.1. The fourth-order valence-corrected chi connectivity index (χ4v) is 1.66. The molecule has 0 amide bonds. The van der Waals surface area contributed by atoms with E-state index in [4.69, 9.17) is 4.42 Å². The molecule has 0 spiro atoms. The summed E-state index contributed by atoms with van der Waals surface area (Å²) in [7, 11) is 0. The van der Waals surface area contributed by atoms with E-state index >= 15 is 0 Å². The molecule has 2 nitrogen and oxygen atoms in total. The Morgan fingerprint density at radius 3 is 2.83 bits per heavy atom. The summed E-state index contributed by atoms with van der Waals surface area (Å²) < 4.78 is 5.71. The largest absolute Gasteiger partial charge is 0.456 e. The number of fused-ring (bicyclic) bond motifs is 1. The van der Waals surface area contributed by atoms with E-state index < -0.39 is 0 Å². The number of allylic oxidation sites excluding steroid dienone is 5. The summed E-state index contributed by atoms with van der Waals surface area (Å²) >= 11 is 0. The quantitative estimate of drug-likeness (QED) is 0.758. The SMILES string of the molecule is C=C/C=C\C=C(/C)c1cc(=O)c2ccccc2o1. The van der Waals surface area contributed by atoms with Crippen LogP contribution in [0, 0.1) is 0 Å². The lowest BCUT2D eigenvalue weighted by molar-refractivity contribution is 0.586. The Hall–Kier alpha value is -2.35. The van der Waals surface area contributed by atoms with Gasteiger partial charge < -0.3 is 4.42 Å². The zero-order valence-electron chi connectivity index (χ0n) is 10.2. The molecule has 2 rings (SSSR count). The van der Waals surface area contributed by atoms with Crippen molar-refractivity contribution < 1.29 is 4.42 Å². The van der Waals surface area contributed by atoms with Gasteiger partial charge in [-0.25, -0.2) is 0 Å². The molecule has 18 heavy (non-hydrogen) atoms. The van der Waals surface area contributed by atoms with Crippen LogP contribution in [0.2, 0.25) is 0 Å². The molecule has 2 heteroatoms. The molecule has 0 fully saturated rings. The molecule has 1 heterocycles. The van der Waals surface area contributed by atoms with Gasteiger partial charge in [0.2, 0.25) is 0 Å². The van der Waals surface area contributed by atoms with Gasteiger partial charge in [-0.2, -0.15) is 0 Å². The van der Waals surface area contributed by atoms with Crippen LogP contribution >= 0.6 is 0 Å². The van der Waals surface area contributed by atoms with Crippen LogP contribution in [-0.2, 0) is 0 Å². The van der Waals surface area contributed by atoms with Gasteiger partial charge in [-0.3, -0.25) is 4.79 Å². The lowest BCUT2D eigenvalue weighted by Gasteiger charge is -2.02. The molecular weight excluding hydrogens is 224 g/mol. The molecule has 0 aliphatic rings. The molecule has 1 aromatic carbocycles. The fourth-order valence-electron chi connectivity index (χ4n) is 1.66. The molecule has 0 aliphatic heterocycles. The van der Waals surface area contributed by atoms with Gasteiger partial charge in [0.15, 0.2) is 5.43 Å². The maximum absolute atomic E-state index is 11.9. The highest BCUT2D eigenvalue weighted by Gasteiger charge is 2.04. The summed E-state index contributed by atoms with van der Waals surface area (Å²) in [6.45, 7) is 5.50. The van der Waals surface area contributed by atoms with Crippen molar-refractivity contribution in [3.05, 3.63) is 77.2 Å². The summed E-state index contributed by atoms with van der Waals surface area (Å²) in [5.74, 6) is 0.590. The van der Waals surface area contributed by atoms with Crippen molar-refractivity contribution in [1.29, 1.82) is 0 Å². The van der Waals surface area contributed by atoms with Crippen molar-refractivity contribution in [2.24, 2.45) is 0 Å². The van der Waals surface area contributed by atoms with E-state index in [1.807, 2.05) is 37.3 Å². The Morgan fingerprint density at radius 1 is 1.28 bits per heavy atom. The van der Waals surface area contributed by atoms with Gasteiger partial charge in [-0.15, -0.1) is 0 Å². The first-order valence-electron chi connectivity index (χ1n) is 5.71. The van der Waals surface area contributed by atoms with E-state index in [1.54, 1.807) is 18.2 Å². The summed E-state index contributed by atoms with van der Waals surface area (Å²) in [4.78, 5) is 11.9. The zero-order chi connectivity index (χ0) is 13.0. The van der Waals surface area contributed by atoms with Crippen LogP contribution in [0.1, 0.15) is 12.7 Å². The van der Waals surface area contributed by atoms with Gasteiger partial charge in [-0.1, -0.05) is 43.0 Å². The predicted molar refractivity (Wildman–Crippen MR) is 75.5 cm³/mol. The van der Waals surface area contributed by atoms with E-state index in [1.165, 1.54) is 6.07 Å². The zero-order valence-corrected chi connectivity index (χ0v) is 10.2. The van der Waals surface area contributed by atoms with Crippen LogP contribution in [0.15, 0.2) is 70.4 Å². The molecule has 0 unspecified atom stereocenters. The van der Waals surface area contributed by atoms with Crippen molar-refractivity contribution in [2.45, 2.75) is 6.92 Å². The Morgan fingerprint density at radius 2 is 2.06 bits per heavy atom. The minimum absolute atomic E-state index is 0.0210. The van der Waals surface area contributed by atoms with E-state index in [0.29, 0.717) is 16.7 Å². The highest BCUT2D eigenvalue weighted by molar-refractivity contribution is 5.78. The summed E-state index contributed by atoms with van der Waals surface area (Å²) in [6.07, 6.45) is 7.26. The van der Waals surface area contributed by atoms with Crippen molar-refractivity contribution in [1.82, 2.24) is 0 Å². The molecule has 0 radical (unpaired) electrons. The smallest absolute Gasteiger partial charge is 0.193 e. The predicted octanol–water partition coefficient (Wildman–Crippen LogP) is 3.94. The molecule has 1 aromatic heterocycles. The third kappa shape index (κ3) is 2.48. The second-order valence-corrected chi connectivity index (χ2v) is 3.94. The highest BCUT2D eigenvalue weighted by atomic mass is 16.3. The van der Waals surface area contributed by atoms with E-state index in [2.05, 4.69) is 6.58 Å². The Balaban J connectivity index is 2.53. The third-order valence-electron chi connectivity index (χ3n) is 2.62. The Kier molecular flexibility index (Phi) is 3.58. The molecule has 0 saturated carbocycles. The van der Waals surface area contributed by atoms with E-state index in [9.17, 15) is 4.79 Å². The minimum Gasteiger partial charge on any atom is -0.456 e. The molecule has 0 saturated heterocycles. The molecular formula is C16H14O2. The van der Waals surface area contributed by atoms with Crippen LogP contribution in [0.25, 0.3) is 16.5 Å². The summed E-state index contributed by atoms with van der Waals surface area (Å²) in [6, 6.07) is 8.77. The molecule has 0 N–H and O–H groups in total. The van der Waals surface area contributed by atoms with Crippen molar-refractivity contribution in [2.75, 3.05) is 0 Å². The third-order valence-corrected chi connectivity index (χ3v) is 2.62. The van der Waals surface area contributed by atoms with Gasteiger partial charge in [0.05, 0.1) is 5.39 Å². The van der Waals surface area contributed by atoms with Crippen molar-refractivity contribution in [3.8, 4) is 0 Å². The topological polar surface area (TPSA) is 30.2 Å². The van der Waals surface area contributed by atoms with Gasteiger partial charge >= 0.3 is 0 Å². The van der Waals surface area contributed by atoms with Crippen molar-refractivity contribution in [3.63, 3.8) is 0 Å². The number of benzene rings is 1. The van der Waals surface area contributed by atoms with Crippen LogP contribution in [-0.4, -0.2) is 0 Å². The molecule has 0 bridgehead atoms. The van der Waals surface area contributed by atoms with Crippen LogP contribution in [0.4, 0.5) is 0 Å². The molecule has 0 atom stereocenters. The van der Waals surface area contributed by atoms with Crippen LogP contribution < -0.4 is 5.43 Å². The molecule has 0 aliphatic carbocycles. The first-order valence-corrected chi connectivity index (χ1v) is 5.71. The fraction of sp³-hybridized carbons (Fsp3) is 0.0625. The second kappa shape index (κ2) is 5.32. The monoisotopic (exact) mass is 238 g/mol. The normalized spacial score (nSPS) is 12.2. The maximum atomic E-state index is 11.9. The Bertz CT molecular complexity index is 688. The number of hydrogen-bond donors (Lipinski definition) is 0. The van der Waals surface area contributed by atoms with Gasteiger partial charge in [-0.05, 0) is 24.6 Å². The average Bonchev–Trinajstić information content (AvgIpc) is 2.39. The standard InChI is InChI=1S/C16H14O2/c1-3-4-5-8-12(2)16-11-14(17)13-9-6-7-10-15(13)18-16/h3-11H,1H2,2H3/b5-4-,12-8+. The molecule has 2 aromatic rings. The van der Waals surface area contributed by atoms with Crippen LogP contribution in [0.5, 0.6) is 0 Å². The maximum Gasteiger partial charge on any atom is 0.193 e. The van der Waals surface area contributed by atoms with E-state index in [-0.39, 0.29) is 5.43 Å². The van der Waals surface area contributed by atoms with Crippen molar-refractivity contribution >= 4 is 16.5 Å². The highest BCUT2D eigenvalue weighted by Crippen LogP contribution is 2.17. The van der Waals surface area contributed by atoms with Gasteiger partial charge in [0.25, 0.3) is 0 Å². The number of para-hydroxylation sites is 1. The van der Waals surface area contributed by atoms with Gasteiger partial charge in [0, 0.05) is 6.07 Å². The lowest BCUT2D eigenvalue weighted by atomic mass is 10.1. The first-order chi connectivity index (χ1) is 8.72.